The fourth-order valence-electron chi connectivity index (χ4n) is 3.44. The van der Waals surface area contributed by atoms with Gasteiger partial charge in [-0.25, -0.2) is 4.68 Å². The Bertz CT molecular complexity index is 1290. The van der Waals surface area contributed by atoms with Gasteiger partial charge in [-0.1, -0.05) is 30.3 Å². The minimum atomic E-state index is -0.762. The smallest absolute Gasteiger partial charge is 0.218 e. The molecule has 0 saturated carbocycles. The molecule has 7 heteroatoms. The van der Waals surface area contributed by atoms with Gasteiger partial charge in [0.15, 0.2) is 0 Å². The molecule has 160 valence electrons. The lowest BCUT2D eigenvalue weighted by atomic mass is 10.1. The molecule has 0 aliphatic heterocycles. The summed E-state index contributed by atoms with van der Waals surface area (Å²) in [6, 6.07) is 20.8. The predicted molar refractivity (Wildman–Crippen MR) is 122 cm³/mol. The number of hydrogen-bond acceptors (Lipinski definition) is 6. The van der Waals surface area contributed by atoms with Crippen molar-refractivity contribution in [1.82, 2.24) is 14.8 Å². The third-order valence-electron chi connectivity index (χ3n) is 5.25. The van der Waals surface area contributed by atoms with E-state index in [2.05, 4.69) is 16.2 Å². The average Bonchev–Trinajstić information content (AvgIpc) is 3.18. The van der Waals surface area contributed by atoms with Crippen molar-refractivity contribution in [2.24, 2.45) is 12.8 Å². The van der Waals surface area contributed by atoms with E-state index in [0.717, 1.165) is 22.4 Å². The molecule has 0 amide bonds. The van der Waals surface area contributed by atoms with Gasteiger partial charge >= 0.3 is 0 Å². The Kier molecular flexibility index (Phi) is 5.99. The molecule has 4 aromatic rings. The van der Waals surface area contributed by atoms with Crippen LogP contribution in [-0.2, 0) is 7.05 Å². The first-order chi connectivity index (χ1) is 15.5. The molecule has 32 heavy (non-hydrogen) atoms. The van der Waals surface area contributed by atoms with Crippen LogP contribution in [-0.4, -0.2) is 26.4 Å². The number of pyridine rings is 1. The fraction of sp³-hybridized carbons (Fsp3) is 0.160. The van der Waals surface area contributed by atoms with Gasteiger partial charge in [0.25, 0.3) is 0 Å². The van der Waals surface area contributed by atoms with Crippen LogP contribution in [0.15, 0.2) is 66.9 Å². The van der Waals surface area contributed by atoms with Crippen molar-refractivity contribution < 1.29 is 9.84 Å². The Morgan fingerprint density at radius 2 is 1.91 bits per heavy atom. The monoisotopic (exact) mass is 425 g/mol. The number of aliphatic hydroxyl groups excluding tert-OH is 1. The van der Waals surface area contributed by atoms with E-state index < -0.39 is 6.10 Å². The van der Waals surface area contributed by atoms with Gasteiger partial charge in [-0.05, 0) is 36.8 Å². The number of aliphatic hydroxyl groups is 1. The molecule has 2 aromatic carbocycles. The Labute approximate surface area is 186 Å². The molecule has 2 heterocycles. The average molecular weight is 425 g/mol. The lowest BCUT2D eigenvalue weighted by Gasteiger charge is -2.12. The number of nitriles is 1. The third-order valence-corrected chi connectivity index (χ3v) is 5.25. The summed E-state index contributed by atoms with van der Waals surface area (Å²) in [6.45, 7) is 2.16. The molecule has 0 spiro atoms. The second-order valence-electron chi connectivity index (χ2n) is 7.46. The van der Waals surface area contributed by atoms with E-state index in [-0.39, 0.29) is 6.54 Å². The maximum Gasteiger partial charge on any atom is 0.218 e. The summed E-state index contributed by atoms with van der Waals surface area (Å²) >= 11 is 0. The van der Waals surface area contributed by atoms with Crippen molar-refractivity contribution >= 4 is 0 Å². The highest BCUT2D eigenvalue weighted by Crippen LogP contribution is 2.35. The first kappa shape index (κ1) is 21.2. The number of nitrogens with two attached hydrogens (primary N) is 1. The summed E-state index contributed by atoms with van der Waals surface area (Å²) in [4.78, 5) is 4.46. The van der Waals surface area contributed by atoms with E-state index in [0.29, 0.717) is 28.5 Å². The van der Waals surface area contributed by atoms with E-state index >= 15 is 0 Å². The Hall–Kier alpha value is -3.99. The molecule has 1 atom stereocenters. The second kappa shape index (κ2) is 9.02. The SMILES string of the molecule is Cc1ccccc1-c1cc(Oc2cc(C#N)ccc2-c2ccc([C@@H](O)CN)cn2)n(C)n1. The number of aromatic nitrogens is 3. The van der Waals surface area contributed by atoms with Gasteiger partial charge < -0.3 is 15.6 Å². The van der Waals surface area contributed by atoms with Crippen LogP contribution in [0.2, 0.25) is 0 Å². The molecule has 0 saturated heterocycles. The summed E-state index contributed by atoms with van der Waals surface area (Å²) in [6.07, 6.45) is 0.831. The normalized spacial score (nSPS) is 11.7. The predicted octanol–water partition coefficient (Wildman–Crippen LogP) is 4.11. The molecule has 3 N–H and O–H groups in total. The highest BCUT2D eigenvalue weighted by atomic mass is 16.5. The van der Waals surface area contributed by atoms with E-state index in [1.54, 1.807) is 41.2 Å². The van der Waals surface area contributed by atoms with Gasteiger partial charge in [0, 0.05) is 42.5 Å². The van der Waals surface area contributed by atoms with Crippen LogP contribution in [0, 0.1) is 18.3 Å². The molecular weight excluding hydrogens is 402 g/mol. The Balaban J connectivity index is 1.72. The zero-order chi connectivity index (χ0) is 22.7. The minimum Gasteiger partial charge on any atom is -0.439 e. The van der Waals surface area contributed by atoms with Crippen LogP contribution in [0.1, 0.15) is 22.8 Å². The van der Waals surface area contributed by atoms with Gasteiger partial charge in [-0.2, -0.15) is 10.4 Å². The first-order valence-corrected chi connectivity index (χ1v) is 10.2. The number of ether oxygens (including phenoxy) is 1. The molecule has 0 aliphatic carbocycles. The van der Waals surface area contributed by atoms with E-state index in [1.165, 1.54) is 0 Å². The summed E-state index contributed by atoms with van der Waals surface area (Å²) in [5.74, 6) is 1.03. The van der Waals surface area contributed by atoms with Crippen molar-refractivity contribution in [3.05, 3.63) is 83.6 Å². The topological polar surface area (TPSA) is 110 Å². The summed E-state index contributed by atoms with van der Waals surface area (Å²) < 4.78 is 7.88. The van der Waals surface area contributed by atoms with Crippen molar-refractivity contribution in [3.63, 3.8) is 0 Å². The van der Waals surface area contributed by atoms with E-state index in [9.17, 15) is 10.4 Å². The van der Waals surface area contributed by atoms with Gasteiger partial charge in [-0.3, -0.25) is 4.98 Å². The summed E-state index contributed by atoms with van der Waals surface area (Å²) in [7, 11) is 1.81. The Morgan fingerprint density at radius 3 is 2.59 bits per heavy atom. The summed E-state index contributed by atoms with van der Waals surface area (Å²) in [5.41, 5.74) is 11.0. The lowest BCUT2D eigenvalue weighted by molar-refractivity contribution is 0.186. The minimum absolute atomic E-state index is 0.121. The fourth-order valence-corrected chi connectivity index (χ4v) is 3.44. The van der Waals surface area contributed by atoms with Crippen molar-refractivity contribution in [2.45, 2.75) is 13.0 Å². The zero-order valence-electron chi connectivity index (χ0n) is 17.9. The highest BCUT2D eigenvalue weighted by molar-refractivity contribution is 5.70. The molecule has 0 unspecified atom stereocenters. The molecule has 0 bridgehead atoms. The van der Waals surface area contributed by atoms with Gasteiger partial charge in [0.1, 0.15) is 5.75 Å². The molecule has 0 radical (unpaired) electrons. The Morgan fingerprint density at radius 1 is 1.09 bits per heavy atom. The number of nitrogens with zero attached hydrogens (tertiary/aromatic N) is 4. The highest BCUT2D eigenvalue weighted by Gasteiger charge is 2.15. The number of aryl methyl sites for hydroxylation is 2. The van der Waals surface area contributed by atoms with Crippen LogP contribution < -0.4 is 10.5 Å². The lowest BCUT2D eigenvalue weighted by Crippen LogP contribution is -2.11. The standard InChI is InChI=1S/C25H23N5O2/c1-16-5-3-4-6-19(16)22-12-25(30(2)29-22)32-24-11-17(13-26)7-9-20(24)21-10-8-18(15-28-21)23(31)14-27/h3-12,15,23,31H,14,27H2,1-2H3/t23-/m0/s1. The first-order valence-electron chi connectivity index (χ1n) is 10.2. The quantitative estimate of drug-likeness (QED) is 0.481. The molecular formula is C25H23N5O2. The largest absolute Gasteiger partial charge is 0.439 e. The van der Waals surface area contributed by atoms with Crippen LogP contribution in [0.3, 0.4) is 0 Å². The summed E-state index contributed by atoms with van der Waals surface area (Å²) in [5, 5.41) is 23.9. The van der Waals surface area contributed by atoms with E-state index in [4.69, 9.17) is 10.5 Å². The molecule has 7 nitrogen and oxygen atoms in total. The maximum absolute atomic E-state index is 9.92. The van der Waals surface area contributed by atoms with Gasteiger partial charge in [0.2, 0.25) is 5.88 Å². The third kappa shape index (κ3) is 4.23. The number of rotatable bonds is 6. The van der Waals surface area contributed by atoms with Crippen LogP contribution in [0.25, 0.3) is 22.5 Å². The van der Waals surface area contributed by atoms with Gasteiger partial charge in [-0.15, -0.1) is 0 Å². The maximum atomic E-state index is 9.92. The van der Waals surface area contributed by atoms with Crippen molar-refractivity contribution in [1.29, 1.82) is 5.26 Å². The van der Waals surface area contributed by atoms with Crippen LogP contribution >= 0.6 is 0 Å². The molecule has 2 aromatic heterocycles. The van der Waals surface area contributed by atoms with Crippen LogP contribution in [0.5, 0.6) is 11.6 Å². The molecule has 4 rings (SSSR count). The van der Waals surface area contributed by atoms with Crippen molar-refractivity contribution in [2.75, 3.05) is 6.54 Å². The molecule has 0 aliphatic rings. The van der Waals surface area contributed by atoms with E-state index in [1.807, 2.05) is 44.3 Å². The van der Waals surface area contributed by atoms with Gasteiger partial charge in [0.05, 0.1) is 29.1 Å². The molecule has 0 fully saturated rings. The number of benzene rings is 2. The van der Waals surface area contributed by atoms with Crippen LogP contribution in [0.4, 0.5) is 0 Å². The zero-order valence-corrected chi connectivity index (χ0v) is 17.9. The van der Waals surface area contributed by atoms with Crippen molar-refractivity contribution in [3.8, 4) is 40.2 Å². The number of hydrogen-bond donors (Lipinski definition) is 2. The second-order valence-corrected chi connectivity index (χ2v) is 7.46.